The largest absolute Gasteiger partial charge is 0.396 e. The zero-order chi connectivity index (χ0) is 15.4. The number of hydrogen-bond acceptors (Lipinski definition) is 3. The highest BCUT2D eigenvalue weighted by molar-refractivity contribution is 9.10. The molecule has 0 aliphatic carbocycles. The second-order valence-corrected chi connectivity index (χ2v) is 8.38. The summed E-state index contributed by atoms with van der Waals surface area (Å²) in [4.78, 5) is 0.296. The molecular formula is C14H22BrNO3S. The lowest BCUT2D eigenvalue weighted by Crippen LogP contribution is -2.34. The van der Waals surface area contributed by atoms with Crippen LogP contribution in [-0.4, -0.2) is 26.7 Å². The second-order valence-electron chi connectivity index (χ2n) is 5.73. The Bertz CT molecular complexity index is 556. The van der Waals surface area contributed by atoms with Gasteiger partial charge >= 0.3 is 0 Å². The van der Waals surface area contributed by atoms with Crippen molar-refractivity contribution in [2.24, 2.45) is 5.41 Å². The van der Waals surface area contributed by atoms with E-state index in [2.05, 4.69) is 20.7 Å². The number of halogens is 1. The molecule has 0 saturated heterocycles. The fraction of sp³-hybridized carbons (Fsp3) is 0.571. The molecule has 0 aromatic heterocycles. The Morgan fingerprint density at radius 1 is 1.35 bits per heavy atom. The molecule has 0 spiro atoms. The molecule has 114 valence electrons. The number of nitrogens with one attached hydrogen (secondary N) is 1. The molecule has 2 N–H and O–H groups in total. The fourth-order valence-corrected chi connectivity index (χ4v) is 3.90. The van der Waals surface area contributed by atoms with Crippen LogP contribution in [0.5, 0.6) is 0 Å². The first-order chi connectivity index (χ1) is 9.18. The normalized spacial score (nSPS) is 12.7. The molecule has 0 aliphatic rings. The number of aliphatic hydroxyl groups excluding tert-OH is 1. The van der Waals surface area contributed by atoms with Gasteiger partial charge in [-0.1, -0.05) is 35.8 Å². The van der Waals surface area contributed by atoms with E-state index in [1.54, 1.807) is 19.1 Å². The first-order valence-electron chi connectivity index (χ1n) is 6.55. The Kier molecular flexibility index (Phi) is 6.19. The molecule has 0 aliphatic heterocycles. The fourth-order valence-electron chi connectivity index (χ4n) is 1.88. The van der Waals surface area contributed by atoms with Crippen LogP contribution < -0.4 is 4.72 Å². The summed E-state index contributed by atoms with van der Waals surface area (Å²) < 4.78 is 28.1. The lowest BCUT2D eigenvalue weighted by Gasteiger charge is -2.24. The summed E-state index contributed by atoms with van der Waals surface area (Å²) in [5, 5.41) is 8.86. The summed E-state index contributed by atoms with van der Waals surface area (Å²) in [5.74, 6) is 0. The molecule has 0 heterocycles. The highest BCUT2D eigenvalue weighted by atomic mass is 79.9. The van der Waals surface area contributed by atoms with Crippen LogP contribution in [0.15, 0.2) is 27.6 Å². The predicted molar refractivity (Wildman–Crippen MR) is 84.2 cm³/mol. The standard InChI is InChI=1S/C14H22BrNO3S/c1-11-5-6-12(15)9-13(11)20(18,19)16-10-14(2,3)7-4-8-17/h5-6,9,16-17H,4,7-8,10H2,1-3H3. The molecule has 1 rings (SSSR count). The monoisotopic (exact) mass is 363 g/mol. The minimum absolute atomic E-state index is 0.126. The molecule has 0 saturated carbocycles. The SMILES string of the molecule is Cc1ccc(Br)cc1S(=O)(=O)NCC(C)(C)CCCO. The maximum atomic E-state index is 12.3. The van der Waals surface area contributed by atoms with E-state index in [1.807, 2.05) is 19.9 Å². The summed E-state index contributed by atoms with van der Waals surface area (Å²) in [6.45, 7) is 6.22. The highest BCUT2D eigenvalue weighted by Gasteiger charge is 2.23. The molecule has 0 unspecified atom stereocenters. The van der Waals surface area contributed by atoms with Crippen LogP contribution in [0.2, 0.25) is 0 Å². The van der Waals surface area contributed by atoms with E-state index in [1.165, 1.54) is 0 Å². The molecule has 20 heavy (non-hydrogen) atoms. The van der Waals surface area contributed by atoms with Gasteiger partial charge < -0.3 is 5.11 Å². The minimum atomic E-state index is -3.51. The van der Waals surface area contributed by atoms with Crippen molar-refractivity contribution in [3.8, 4) is 0 Å². The van der Waals surface area contributed by atoms with Gasteiger partial charge in [0.05, 0.1) is 4.90 Å². The Morgan fingerprint density at radius 2 is 2.00 bits per heavy atom. The zero-order valence-corrected chi connectivity index (χ0v) is 14.5. The van der Waals surface area contributed by atoms with Crippen LogP contribution in [0.4, 0.5) is 0 Å². The molecule has 6 heteroatoms. The maximum Gasteiger partial charge on any atom is 0.240 e. The van der Waals surface area contributed by atoms with Crippen molar-refractivity contribution in [1.29, 1.82) is 0 Å². The maximum absolute atomic E-state index is 12.3. The third-order valence-corrected chi connectivity index (χ3v) is 5.23. The van der Waals surface area contributed by atoms with Crippen molar-refractivity contribution < 1.29 is 13.5 Å². The van der Waals surface area contributed by atoms with Crippen molar-refractivity contribution in [3.63, 3.8) is 0 Å². The Hall–Kier alpha value is -0.430. The van der Waals surface area contributed by atoms with Gasteiger partial charge in [0.25, 0.3) is 0 Å². The van der Waals surface area contributed by atoms with E-state index in [0.29, 0.717) is 23.4 Å². The Labute approximate surface area is 129 Å². The van der Waals surface area contributed by atoms with E-state index >= 15 is 0 Å². The van der Waals surface area contributed by atoms with Gasteiger partial charge in [-0.25, -0.2) is 13.1 Å². The van der Waals surface area contributed by atoms with Crippen LogP contribution >= 0.6 is 15.9 Å². The summed E-state index contributed by atoms with van der Waals surface area (Å²) >= 11 is 3.29. The second kappa shape index (κ2) is 7.02. The molecule has 0 atom stereocenters. The number of aliphatic hydroxyl groups is 1. The van der Waals surface area contributed by atoms with Crippen LogP contribution in [-0.2, 0) is 10.0 Å². The van der Waals surface area contributed by atoms with Gasteiger partial charge in [0.1, 0.15) is 0 Å². The van der Waals surface area contributed by atoms with Gasteiger partial charge in [0.2, 0.25) is 10.0 Å². The summed E-state index contributed by atoms with van der Waals surface area (Å²) in [5.41, 5.74) is 0.532. The number of aryl methyl sites for hydroxylation is 1. The topological polar surface area (TPSA) is 66.4 Å². The van der Waals surface area contributed by atoms with E-state index in [0.717, 1.165) is 10.9 Å². The Morgan fingerprint density at radius 3 is 2.60 bits per heavy atom. The lowest BCUT2D eigenvalue weighted by molar-refractivity contribution is 0.242. The van der Waals surface area contributed by atoms with Crippen LogP contribution in [0.1, 0.15) is 32.3 Å². The van der Waals surface area contributed by atoms with Crippen molar-refractivity contribution in [2.45, 2.75) is 38.5 Å². The Balaban J connectivity index is 2.83. The third-order valence-electron chi connectivity index (χ3n) is 3.19. The zero-order valence-electron chi connectivity index (χ0n) is 12.1. The van der Waals surface area contributed by atoms with Crippen molar-refractivity contribution >= 4 is 26.0 Å². The first-order valence-corrected chi connectivity index (χ1v) is 8.82. The number of rotatable bonds is 7. The average Bonchev–Trinajstić information content (AvgIpc) is 2.37. The number of benzene rings is 1. The molecule has 0 fully saturated rings. The van der Waals surface area contributed by atoms with Crippen molar-refractivity contribution in [3.05, 3.63) is 28.2 Å². The minimum Gasteiger partial charge on any atom is -0.396 e. The van der Waals surface area contributed by atoms with E-state index in [9.17, 15) is 8.42 Å². The molecule has 0 radical (unpaired) electrons. The molecule has 4 nitrogen and oxygen atoms in total. The smallest absolute Gasteiger partial charge is 0.240 e. The van der Waals surface area contributed by atoms with Gasteiger partial charge in [-0.15, -0.1) is 0 Å². The third kappa shape index (κ3) is 5.16. The number of sulfonamides is 1. The van der Waals surface area contributed by atoms with E-state index in [-0.39, 0.29) is 12.0 Å². The summed E-state index contributed by atoms with van der Waals surface area (Å²) in [6, 6.07) is 5.20. The molecule has 1 aromatic carbocycles. The highest BCUT2D eigenvalue weighted by Crippen LogP contribution is 2.24. The molecule has 1 aromatic rings. The summed E-state index contributed by atoms with van der Waals surface area (Å²) in [6.07, 6.45) is 1.44. The molecule has 0 amide bonds. The quantitative estimate of drug-likeness (QED) is 0.782. The van der Waals surface area contributed by atoms with E-state index < -0.39 is 10.0 Å². The van der Waals surface area contributed by atoms with E-state index in [4.69, 9.17) is 5.11 Å². The summed E-state index contributed by atoms with van der Waals surface area (Å²) in [7, 11) is -3.51. The van der Waals surface area contributed by atoms with Gasteiger partial charge in [-0.3, -0.25) is 0 Å². The van der Waals surface area contributed by atoms with Gasteiger partial charge in [0.15, 0.2) is 0 Å². The predicted octanol–water partition coefficient (Wildman–Crippen LogP) is 2.83. The van der Waals surface area contributed by atoms with Gasteiger partial charge in [-0.2, -0.15) is 0 Å². The molecule has 0 bridgehead atoms. The number of hydrogen-bond donors (Lipinski definition) is 2. The first kappa shape index (κ1) is 17.6. The van der Waals surface area contributed by atoms with Crippen molar-refractivity contribution in [1.82, 2.24) is 4.72 Å². The van der Waals surface area contributed by atoms with Crippen LogP contribution in [0.3, 0.4) is 0 Å². The van der Waals surface area contributed by atoms with Crippen LogP contribution in [0, 0.1) is 12.3 Å². The van der Waals surface area contributed by atoms with Gasteiger partial charge in [-0.05, 0) is 42.9 Å². The van der Waals surface area contributed by atoms with Gasteiger partial charge in [0, 0.05) is 17.6 Å². The lowest BCUT2D eigenvalue weighted by atomic mass is 9.88. The molecular weight excluding hydrogens is 342 g/mol. The van der Waals surface area contributed by atoms with Crippen LogP contribution in [0.25, 0.3) is 0 Å². The average molecular weight is 364 g/mol. The van der Waals surface area contributed by atoms with Crippen molar-refractivity contribution in [2.75, 3.05) is 13.2 Å².